The van der Waals surface area contributed by atoms with Crippen LogP contribution >= 0.6 is 0 Å². The molecule has 1 saturated heterocycles. The van der Waals surface area contributed by atoms with Gasteiger partial charge in [-0.05, 0) is 24.3 Å². The summed E-state index contributed by atoms with van der Waals surface area (Å²) in [7, 11) is 0. The largest absolute Gasteiger partial charge is 0.463 e. The molecule has 0 bridgehead atoms. The van der Waals surface area contributed by atoms with Gasteiger partial charge in [0.2, 0.25) is 12.2 Å². The Bertz CT molecular complexity index is 547. The number of amides is 1. The number of benzene rings is 1. The van der Waals surface area contributed by atoms with Crippen molar-refractivity contribution in [2.24, 2.45) is 0 Å². The van der Waals surface area contributed by atoms with E-state index in [0.29, 0.717) is 17.6 Å². The summed E-state index contributed by atoms with van der Waals surface area (Å²) in [6.07, 6.45) is -4.22. The normalized spacial score (nSPS) is 30.5. The summed E-state index contributed by atoms with van der Waals surface area (Å²) in [5.74, 6) is -0.0894. The zero-order valence-corrected chi connectivity index (χ0v) is 12.5. The maximum Gasteiger partial charge on any atom is 0.223 e. The predicted molar refractivity (Wildman–Crippen MR) is 77.8 cm³/mol. The molecule has 2 rings (SSSR count). The fourth-order valence-electron chi connectivity index (χ4n) is 2.33. The van der Waals surface area contributed by atoms with Gasteiger partial charge in [-0.25, -0.2) is 0 Å². The molecule has 8 heteroatoms. The number of aliphatic hydroxyl groups is 3. The Balaban J connectivity index is 2.19. The summed E-state index contributed by atoms with van der Waals surface area (Å²) >= 11 is 0. The Morgan fingerprint density at radius 1 is 1.30 bits per heavy atom. The molecule has 0 aromatic heterocycles. The minimum Gasteiger partial charge on any atom is -0.463 e. The van der Waals surface area contributed by atoms with Crippen LogP contribution in [0.2, 0.25) is 0 Å². The van der Waals surface area contributed by atoms with Crippen molar-refractivity contribution in [2.75, 3.05) is 6.61 Å². The van der Waals surface area contributed by atoms with Crippen LogP contribution in [0.4, 0.5) is 0 Å². The Labute approximate surface area is 132 Å². The van der Waals surface area contributed by atoms with Gasteiger partial charge in [-0.3, -0.25) is 9.59 Å². The molecule has 126 valence electrons. The molecule has 1 fully saturated rings. The average molecular weight is 325 g/mol. The van der Waals surface area contributed by atoms with Gasteiger partial charge in [0.05, 0.1) is 6.61 Å². The fourth-order valence-corrected chi connectivity index (χ4v) is 2.33. The van der Waals surface area contributed by atoms with Gasteiger partial charge in [0.15, 0.2) is 0 Å². The number of rotatable bonds is 5. The minimum atomic E-state index is -1.37. The van der Waals surface area contributed by atoms with Gasteiger partial charge >= 0.3 is 0 Å². The highest BCUT2D eigenvalue weighted by Crippen LogP contribution is 2.24. The third kappa shape index (κ3) is 4.05. The van der Waals surface area contributed by atoms with E-state index in [1.807, 2.05) is 0 Å². The fraction of sp³-hybridized carbons (Fsp3) is 0.467. The topological polar surface area (TPSA) is 125 Å². The molecule has 0 spiro atoms. The SMILES string of the molecule is CC(=O)N[C@@H]1[C@H](Oc2ccc(C=O)cc2)O[C@H](CO)[C@@H](O)[C@@H]1O. The molecule has 1 aliphatic rings. The van der Waals surface area contributed by atoms with Crippen LogP contribution in [0, 0.1) is 0 Å². The number of aldehydes is 1. The second-order valence-electron chi connectivity index (χ2n) is 5.24. The zero-order valence-electron chi connectivity index (χ0n) is 12.5. The van der Waals surface area contributed by atoms with Crippen molar-refractivity contribution in [3.8, 4) is 5.75 Å². The highest BCUT2D eigenvalue weighted by Gasteiger charge is 2.46. The summed E-state index contributed by atoms with van der Waals surface area (Å²) in [5, 5.41) is 31.7. The average Bonchev–Trinajstić information content (AvgIpc) is 2.54. The summed E-state index contributed by atoms with van der Waals surface area (Å²) < 4.78 is 11.0. The van der Waals surface area contributed by atoms with Crippen LogP contribution in [0.25, 0.3) is 0 Å². The van der Waals surface area contributed by atoms with Crippen LogP contribution in [0.3, 0.4) is 0 Å². The third-order valence-corrected chi connectivity index (χ3v) is 3.52. The Morgan fingerprint density at radius 2 is 1.96 bits per heavy atom. The summed E-state index contributed by atoms with van der Waals surface area (Å²) in [4.78, 5) is 21.9. The van der Waals surface area contributed by atoms with Crippen molar-refractivity contribution < 1.29 is 34.4 Å². The number of aliphatic hydroxyl groups excluding tert-OH is 3. The summed E-state index contributed by atoms with van der Waals surface area (Å²) in [6, 6.07) is 5.11. The lowest BCUT2D eigenvalue weighted by atomic mass is 9.97. The molecule has 23 heavy (non-hydrogen) atoms. The Morgan fingerprint density at radius 3 is 2.48 bits per heavy atom. The molecule has 0 unspecified atom stereocenters. The van der Waals surface area contributed by atoms with E-state index in [-0.39, 0.29) is 0 Å². The highest BCUT2D eigenvalue weighted by molar-refractivity contribution is 5.75. The lowest BCUT2D eigenvalue weighted by molar-refractivity contribution is -0.244. The maximum absolute atomic E-state index is 11.3. The first-order valence-corrected chi connectivity index (χ1v) is 7.07. The molecule has 0 radical (unpaired) electrons. The second-order valence-corrected chi connectivity index (χ2v) is 5.24. The molecule has 8 nitrogen and oxygen atoms in total. The van der Waals surface area contributed by atoms with Crippen molar-refractivity contribution in [1.29, 1.82) is 0 Å². The van der Waals surface area contributed by atoms with Crippen molar-refractivity contribution in [3.63, 3.8) is 0 Å². The first kappa shape index (κ1) is 17.4. The van der Waals surface area contributed by atoms with Crippen molar-refractivity contribution in [3.05, 3.63) is 29.8 Å². The predicted octanol–water partition coefficient (Wildman–Crippen LogP) is -1.18. The van der Waals surface area contributed by atoms with Crippen LogP contribution in [-0.2, 0) is 9.53 Å². The highest BCUT2D eigenvalue weighted by atomic mass is 16.7. The maximum atomic E-state index is 11.3. The lowest BCUT2D eigenvalue weighted by Gasteiger charge is -2.42. The molecule has 1 aliphatic heterocycles. The molecule has 5 atom stereocenters. The summed E-state index contributed by atoms with van der Waals surface area (Å²) in [6.45, 7) is 0.738. The van der Waals surface area contributed by atoms with Gasteiger partial charge in [0.1, 0.15) is 36.4 Å². The standard InChI is InChI=1S/C15H19NO7/c1-8(19)16-12-14(21)13(20)11(7-18)23-15(12)22-10-4-2-9(6-17)3-5-10/h2-6,11-15,18,20-21H,7H2,1H3,(H,16,19)/t11-,12+,13-,14-,15-/m1/s1. The lowest BCUT2D eigenvalue weighted by Crippen LogP contribution is -2.65. The molecule has 0 aliphatic carbocycles. The third-order valence-electron chi connectivity index (χ3n) is 3.52. The molecule has 4 N–H and O–H groups in total. The van der Waals surface area contributed by atoms with Crippen molar-refractivity contribution >= 4 is 12.2 Å². The Hall–Kier alpha value is -2.00. The van der Waals surface area contributed by atoms with Crippen molar-refractivity contribution in [2.45, 2.75) is 37.6 Å². The summed E-state index contributed by atoms with van der Waals surface area (Å²) in [5.41, 5.74) is 0.462. The van der Waals surface area contributed by atoms with Crippen LogP contribution in [0.15, 0.2) is 24.3 Å². The van der Waals surface area contributed by atoms with Gasteiger partial charge in [-0.2, -0.15) is 0 Å². The number of carbonyl (C=O) groups excluding carboxylic acids is 2. The number of carbonyl (C=O) groups is 2. The molecule has 1 aromatic rings. The number of ether oxygens (including phenoxy) is 2. The van der Waals surface area contributed by atoms with Gasteiger partial charge in [0, 0.05) is 12.5 Å². The van der Waals surface area contributed by atoms with E-state index in [2.05, 4.69) is 5.32 Å². The van der Waals surface area contributed by atoms with E-state index in [9.17, 15) is 24.9 Å². The van der Waals surface area contributed by atoms with Crippen LogP contribution in [-0.4, -0.2) is 64.8 Å². The van der Waals surface area contributed by atoms with E-state index in [4.69, 9.17) is 9.47 Å². The number of hydrogen-bond donors (Lipinski definition) is 4. The minimum absolute atomic E-state index is 0.344. The van der Waals surface area contributed by atoms with Gasteiger partial charge in [-0.1, -0.05) is 0 Å². The van der Waals surface area contributed by atoms with E-state index in [1.165, 1.54) is 31.2 Å². The molecule has 0 saturated carbocycles. The molecular weight excluding hydrogens is 306 g/mol. The van der Waals surface area contributed by atoms with E-state index >= 15 is 0 Å². The van der Waals surface area contributed by atoms with Crippen LogP contribution < -0.4 is 10.1 Å². The van der Waals surface area contributed by atoms with Crippen molar-refractivity contribution in [1.82, 2.24) is 5.32 Å². The molecular formula is C15H19NO7. The molecule has 1 amide bonds. The van der Waals surface area contributed by atoms with Gasteiger partial charge in [0.25, 0.3) is 0 Å². The van der Waals surface area contributed by atoms with Crippen LogP contribution in [0.5, 0.6) is 5.75 Å². The first-order valence-electron chi connectivity index (χ1n) is 7.07. The molecule has 1 heterocycles. The van der Waals surface area contributed by atoms with E-state index in [1.54, 1.807) is 0 Å². The van der Waals surface area contributed by atoms with E-state index in [0.717, 1.165) is 0 Å². The monoisotopic (exact) mass is 325 g/mol. The number of hydrogen-bond acceptors (Lipinski definition) is 7. The van der Waals surface area contributed by atoms with Gasteiger partial charge in [-0.15, -0.1) is 0 Å². The Kier molecular flexibility index (Phi) is 5.67. The van der Waals surface area contributed by atoms with E-state index < -0.39 is 43.2 Å². The second kappa shape index (κ2) is 7.51. The number of nitrogens with one attached hydrogen (secondary N) is 1. The van der Waals surface area contributed by atoms with Crippen LogP contribution in [0.1, 0.15) is 17.3 Å². The quantitative estimate of drug-likeness (QED) is 0.502. The van der Waals surface area contributed by atoms with Gasteiger partial charge < -0.3 is 30.1 Å². The molecule has 1 aromatic carbocycles. The first-order chi connectivity index (χ1) is 11.0. The zero-order chi connectivity index (χ0) is 17.0. The smallest absolute Gasteiger partial charge is 0.223 e.